The van der Waals surface area contributed by atoms with E-state index in [-0.39, 0.29) is 23.1 Å². The molecule has 0 aliphatic heterocycles. The summed E-state index contributed by atoms with van der Waals surface area (Å²) < 4.78 is 29.2. The van der Waals surface area contributed by atoms with Crippen LogP contribution in [0.25, 0.3) is 11.1 Å². The summed E-state index contributed by atoms with van der Waals surface area (Å²) in [4.78, 5) is 14.8. The van der Waals surface area contributed by atoms with Crippen molar-refractivity contribution in [2.75, 3.05) is 7.11 Å². The van der Waals surface area contributed by atoms with Crippen LogP contribution in [0.1, 0.15) is 23.6 Å². The molecule has 0 saturated carbocycles. The van der Waals surface area contributed by atoms with Gasteiger partial charge in [0.25, 0.3) is 0 Å². The molecule has 34 heavy (non-hydrogen) atoms. The number of amides is 1. The average Bonchev–Trinajstić information content (AvgIpc) is 2.82. The van der Waals surface area contributed by atoms with E-state index in [1.165, 1.54) is 13.2 Å². The van der Waals surface area contributed by atoms with Crippen LogP contribution in [-0.2, 0) is 32.5 Å². The van der Waals surface area contributed by atoms with Gasteiger partial charge in [0.2, 0.25) is 15.9 Å². The summed E-state index contributed by atoms with van der Waals surface area (Å²) in [6.07, 6.45) is -0.327. The lowest BCUT2D eigenvalue weighted by Crippen LogP contribution is -2.40. The predicted molar refractivity (Wildman–Crippen MR) is 131 cm³/mol. The number of nitrogen functional groups attached to an aromatic ring is 1. The fourth-order valence-electron chi connectivity index (χ4n) is 3.61. The van der Waals surface area contributed by atoms with E-state index in [0.717, 1.165) is 11.1 Å². The number of nitrogens with one attached hydrogen (secondary N) is 1. The molecule has 0 bridgehead atoms. The first-order valence-corrected chi connectivity index (χ1v) is 12.1. The van der Waals surface area contributed by atoms with Gasteiger partial charge in [-0.05, 0) is 35.7 Å². The van der Waals surface area contributed by atoms with E-state index < -0.39 is 16.3 Å². The van der Waals surface area contributed by atoms with Crippen molar-refractivity contribution < 1.29 is 17.9 Å². The lowest BCUT2D eigenvalue weighted by atomic mass is 10.0. The number of hydrogen-bond acceptors (Lipinski definition) is 5. The van der Waals surface area contributed by atoms with Gasteiger partial charge in [0, 0.05) is 24.8 Å². The van der Waals surface area contributed by atoms with Crippen LogP contribution in [0, 0.1) is 5.41 Å². The Hall–Kier alpha value is -3.53. The van der Waals surface area contributed by atoms with Crippen molar-refractivity contribution >= 4 is 21.8 Å². The Morgan fingerprint density at radius 3 is 2.32 bits per heavy atom. The number of sulfonamides is 1. The van der Waals surface area contributed by atoms with Gasteiger partial charge >= 0.3 is 0 Å². The zero-order valence-corrected chi connectivity index (χ0v) is 19.9. The molecule has 0 saturated heterocycles. The number of nitrogens with zero attached hydrogens (tertiary/aromatic N) is 1. The van der Waals surface area contributed by atoms with E-state index >= 15 is 0 Å². The summed E-state index contributed by atoms with van der Waals surface area (Å²) in [5, 5.41) is 13.0. The van der Waals surface area contributed by atoms with E-state index in [9.17, 15) is 13.2 Å². The van der Waals surface area contributed by atoms with E-state index in [2.05, 4.69) is 0 Å². The Balaban J connectivity index is 1.80. The summed E-state index contributed by atoms with van der Waals surface area (Å²) in [6, 6.07) is 20.8. The number of amidine groups is 1. The number of carbonyl (C=O) groups excluding carboxylic acids is 1. The topological polar surface area (TPSA) is 140 Å². The van der Waals surface area contributed by atoms with E-state index in [1.807, 2.05) is 6.07 Å². The highest BCUT2D eigenvalue weighted by Gasteiger charge is 2.21. The molecule has 9 heteroatoms. The maximum atomic E-state index is 13.2. The molecule has 0 radical (unpaired) electrons. The molecular formula is C25H28N4O4S. The van der Waals surface area contributed by atoms with Crippen LogP contribution in [0.15, 0.2) is 77.7 Å². The zero-order valence-electron chi connectivity index (χ0n) is 19.1. The van der Waals surface area contributed by atoms with Crippen molar-refractivity contribution in [1.29, 1.82) is 5.41 Å². The van der Waals surface area contributed by atoms with Crippen LogP contribution in [0.3, 0.4) is 0 Å². The molecule has 5 N–H and O–H groups in total. The lowest BCUT2D eigenvalue weighted by molar-refractivity contribution is -0.142. The Morgan fingerprint density at radius 2 is 1.71 bits per heavy atom. The number of primary sulfonamides is 1. The van der Waals surface area contributed by atoms with Crippen molar-refractivity contribution in [2.24, 2.45) is 10.9 Å². The van der Waals surface area contributed by atoms with Crippen molar-refractivity contribution in [3.8, 4) is 11.1 Å². The smallest absolute Gasteiger partial charge is 0.238 e. The Labute approximate surface area is 199 Å². The van der Waals surface area contributed by atoms with Crippen molar-refractivity contribution in [1.82, 2.24) is 4.90 Å². The van der Waals surface area contributed by atoms with Gasteiger partial charge in [-0.3, -0.25) is 10.2 Å². The first-order valence-electron chi connectivity index (χ1n) is 10.6. The minimum absolute atomic E-state index is 0.0383. The summed E-state index contributed by atoms with van der Waals surface area (Å²) in [5.41, 5.74) is 8.97. The number of ether oxygens (including phenoxy) is 1. The highest BCUT2D eigenvalue weighted by molar-refractivity contribution is 7.89. The van der Waals surface area contributed by atoms with Gasteiger partial charge in [-0.1, -0.05) is 60.7 Å². The molecule has 0 fully saturated rings. The van der Waals surface area contributed by atoms with Gasteiger partial charge in [0.15, 0.2) is 0 Å². The van der Waals surface area contributed by atoms with Gasteiger partial charge < -0.3 is 15.4 Å². The van der Waals surface area contributed by atoms with Crippen LogP contribution in [0.2, 0.25) is 0 Å². The molecule has 178 valence electrons. The van der Waals surface area contributed by atoms with Crippen LogP contribution >= 0.6 is 0 Å². The van der Waals surface area contributed by atoms with Crippen molar-refractivity contribution in [3.63, 3.8) is 0 Å². The second-order valence-corrected chi connectivity index (χ2v) is 9.42. The van der Waals surface area contributed by atoms with Gasteiger partial charge in [-0.25, -0.2) is 13.6 Å². The number of nitrogens with two attached hydrogens (primary N) is 2. The quantitative estimate of drug-likeness (QED) is 0.245. The fraction of sp³-hybridized carbons (Fsp3) is 0.200. The van der Waals surface area contributed by atoms with Crippen LogP contribution < -0.4 is 10.9 Å². The Bertz CT molecular complexity index is 1290. The molecule has 3 aromatic rings. The summed E-state index contributed by atoms with van der Waals surface area (Å²) in [7, 11) is -2.33. The van der Waals surface area contributed by atoms with Crippen LogP contribution in [-0.4, -0.2) is 38.4 Å². The first-order chi connectivity index (χ1) is 16.1. The molecule has 0 aromatic heterocycles. The standard InChI is InChI=1S/C25H28N4O4S/c1-17(33-2)29(16-19-6-5-7-21(14-19)25(26)27)24(30)15-18-10-12-20(13-11-18)22-8-3-4-9-23(22)34(28,31)32/h3-14,17H,15-16H2,1-2H3,(H3,26,27)(H2,28,31,32). The molecule has 8 nitrogen and oxygen atoms in total. The van der Waals surface area contributed by atoms with Gasteiger partial charge in [0.05, 0.1) is 11.3 Å². The zero-order chi connectivity index (χ0) is 24.9. The predicted octanol–water partition coefficient (Wildman–Crippen LogP) is 2.85. The van der Waals surface area contributed by atoms with Crippen LogP contribution in [0.4, 0.5) is 0 Å². The molecular weight excluding hydrogens is 452 g/mol. The maximum Gasteiger partial charge on any atom is 0.238 e. The lowest BCUT2D eigenvalue weighted by Gasteiger charge is -2.28. The summed E-state index contributed by atoms with van der Waals surface area (Å²) >= 11 is 0. The molecule has 0 aliphatic carbocycles. The van der Waals surface area contributed by atoms with E-state index in [4.69, 9.17) is 21.0 Å². The average molecular weight is 481 g/mol. The number of hydrogen-bond donors (Lipinski definition) is 3. The monoisotopic (exact) mass is 480 g/mol. The third kappa shape index (κ3) is 6.07. The molecule has 3 aromatic carbocycles. The Kier molecular flexibility index (Phi) is 7.83. The molecule has 1 unspecified atom stereocenters. The number of rotatable bonds is 9. The third-order valence-corrected chi connectivity index (χ3v) is 6.47. The van der Waals surface area contributed by atoms with Crippen LogP contribution in [0.5, 0.6) is 0 Å². The second kappa shape index (κ2) is 10.6. The first kappa shape index (κ1) is 25.1. The van der Waals surface area contributed by atoms with Gasteiger partial charge in [0.1, 0.15) is 12.1 Å². The highest BCUT2D eigenvalue weighted by atomic mass is 32.2. The van der Waals surface area contributed by atoms with E-state index in [1.54, 1.807) is 72.5 Å². The van der Waals surface area contributed by atoms with Gasteiger partial charge in [-0.2, -0.15) is 0 Å². The second-order valence-electron chi connectivity index (χ2n) is 7.89. The molecule has 1 amide bonds. The molecule has 3 rings (SSSR count). The highest BCUT2D eigenvalue weighted by Crippen LogP contribution is 2.27. The number of methoxy groups -OCH3 is 1. The largest absolute Gasteiger partial charge is 0.384 e. The number of benzene rings is 3. The number of carbonyl (C=O) groups is 1. The Morgan fingerprint density at radius 1 is 1.03 bits per heavy atom. The minimum Gasteiger partial charge on any atom is -0.384 e. The molecule has 1 atom stereocenters. The maximum absolute atomic E-state index is 13.2. The molecule has 0 spiro atoms. The minimum atomic E-state index is -3.87. The normalized spacial score (nSPS) is 12.2. The molecule has 0 heterocycles. The fourth-order valence-corrected chi connectivity index (χ4v) is 4.37. The summed E-state index contributed by atoms with van der Waals surface area (Å²) in [6.45, 7) is 2.09. The van der Waals surface area contributed by atoms with Crippen molar-refractivity contribution in [2.45, 2.75) is 31.0 Å². The molecule has 0 aliphatic rings. The SMILES string of the molecule is COC(C)N(Cc1cccc(C(=N)N)c1)C(=O)Cc1ccc(-c2ccccc2S(N)(=O)=O)cc1. The van der Waals surface area contributed by atoms with Crippen molar-refractivity contribution in [3.05, 3.63) is 89.5 Å². The summed E-state index contributed by atoms with van der Waals surface area (Å²) in [5.74, 6) is -0.177. The van der Waals surface area contributed by atoms with Gasteiger partial charge in [-0.15, -0.1) is 0 Å². The third-order valence-electron chi connectivity index (χ3n) is 5.51. The van der Waals surface area contributed by atoms with E-state index in [0.29, 0.717) is 23.2 Å².